The third-order valence-corrected chi connectivity index (χ3v) is 2.57. The quantitative estimate of drug-likeness (QED) is 0.789. The van der Waals surface area contributed by atoms with E-state index in [1.165, 1.54) is 11.3 Å². The lowest BCUT2D eigenvalue weighted by molar-refractivity contribution is 0.292. The number of benzene rings is 1. The van der Waals surface area contributed by atoms with E-state index in [0.29, 0.717) is 6.04 Å². The van der Waals surface area contributed by atoms with Crippen LogP contribution in [0.4, 0.5) is 5.69 Å². The highest BCUT2D eigenvalue weighted by Crippen LogP contribution is 2.23. The summed E-state index contributed by atoms with van der Waals surface area (Å²) in [5.74, 6) is 0. The van der Waals surface area contributed by atoms with Gasteiger partial charge in [0.2, 0.25) is 0 Å². The Kier molecular flexibility index (Phi) is 3.96. The maximum atomic E-state index is 3.17. The fourth-order valence-electron chi connectivity index (χ4n) is 1.80. The van der Waals surface area contributed by atoms with E-state index in [0.717, 1.165) is 6.42 Å². The topological polar surface area (TPSA) is 15.3 Å². The molecule has 0 aliphatic heterocycles. The summed E-state index contributed by atoms with van der Waals surface area (Å²) in [5, 5.41) is 3.17. The first-order chi connectivity index (χ1) is 6.69. The van der Waals surface area contributed by atoms with Gasteiger partial charge in [-0.1, -0.05) is 19.1 Å². The van der Waals surface area contributed by atoms with E-state index in [2.05, 4.69) is 55.5 Å². The molecular weight excluding hydrogens is 172 g/mol. The van der Waals surface area contributed by atoms with Crippen LogP contribution in [0, 0.1) is 0 Å². The third kappa shape index (κ3) is 2.48. The van der Waals surface area contributed by atoms with Gasteiger partial charge < -0.3 is 10.2 Å². The first-order valence-corrected chi connectivity index (χ1v) is 5.13. The van der Waals surface area contributed by atoms with Crippen molar-refractivity contribution >= 4 is 5.69 Å². The van der Waals surface area contributed by atoms with Gasteiger partial charge in [-0.2, -0.15) is 0 Å². The van der Waals surface area contributed by atoms with Crippen LogP contribution in [-0.2, 0) is 0 Å². The van der Waals surface area contributed by atoms with Crippen molar-refractivity contribution in [2.24, 2.45) is 0 Å². The van der Waals surface area contributed by atoms with Crippen LogP contribution < -0.4 is 5.32 Å². The largest absolute Gasteiger partial charge is 0.388 e. The minimum atomic E-state index is 0.517. The van der Waals surface area contributed by atoms with Crippen LogP contribution in [0.2, 0.25) is 0 Å². The minimum Gasteiger partial charge on any atom is -0.388 e. The molecule has 2 heteroatoms. The van der Waals surface area contributed by atoms with Gasteiger partial charge in [0.1, 0.15) is 0 Å². The predicted octanol–water partition coefficient (Wildman–Crippen LogP) is 2.74. The van der Waals surface area contributed by atoms with E-state index in [1.807, 2.05) is 7.05 Å². The van der Waals surface area contributed by atoms with Gasteiger partial charge in [-0.05, 0) is 38.2 Å². The SMILES string of the molecule is CCC(c1cccc(NC)c1)N(C)C. The zero-order chi connectivity index (χ0) is 10.6. The fraction of sp³-hybridized carbons (Fsp3) is 0.500. The highest BCUT2D eigenvalue weighted by atomic mass is 15.1. The van der Waals surface area contributed by atoms with Crippen molar-refractivity contribution in [3.63, 3.8) is 0 Å². The smallest absolute Gasteiger partial charge is 0.0340 e. The molecule has 0 saturated carbocycles. The van der Waals surface area contributed by atoms with Crippen LogP contribution in [0.1, 0.15) is 24.9 Å². The average molecular weight is 192 g/mol. The Morgan fingerprint density at radius 2 is 2.07 bits per heavy atom. The van der Waals surface area contributed by atoms with Crippen molar-refractivity contribution in [1.29, 1.82) is 0 Å². The van der Waals surface area contributed by atoms with Gasteiger partial charge in [-0.15, -0.1) is 0 Å². The normalized spacial score (nSPS) is 12.9. The molecule has 0 aliphatic carbocycles. The summed E-state index contributed by atoms with van der Waals surface area (Å²) in [5.41, 5.74) is 2.56. The number of hydrogen-bond acceptors (Lipinski definition) is 2. The van der Waals surface area contributed by atoms with Gasteiger partial charge >= 0.3 is 0 Å². The Morgan fingerprint density at radius 1 is 1.36 bits per heavy atom. The van der Waals surface area contributed by atoms with Crippen molar-refractivity contribution < 1.29 is 0 Å². The lowest BCUT2D eigenvalue weighted by Crippen LogP contribution is -2.19. The molecule has 1 aromatic carbocycles. The Bertz CT molecular complexity index is 281. The maximum Gasteiger partial charge on any atom is 0.0340 e. The Hall–Kier alpha value is -1.02. The van der Waals surface area contributed by atoms with Gasteiger partial charge in [0.15, 0.2) is 0 Å². The van der Waals surface area contributed by atoms with E-state index in [1.54, 1.807) is 0 Å². The second-order valence-electron chi connectivity index (χ2n) is 3.76. The van der Waals surface area contributed by atoms with Crippen molar-refractivity contribution in [2.75, 3.05) is 26.5 Å². The van der Waals surface area contributed by atoms with Gasteiger partial charge in [-0.25, -0.2) is 0 Å². The van der Waals surface area contributed by atoms with Crippen LogP contribution in [0.15, 0.2) is 24.3 Å². The van der Waals surface area contributed by atoms with Crippen molar-refractivity contribution in [3.05, 3.63) is 29.8 Å². The first kappa shape index (κ1) is 11.1. The molecule has 0 aliphatic rings. The molecule has 0 fully saturated rings. The van der Waals surface area contributed by atoms with Crippen molar-refractivity contribution in [1.82, 2.24) is 4.90 Å². The van der Waals surface area contributed by atoms with Crippen LogP contribution in [0.25, 0.3) is 0 Å². The number of rotatable bonds is 4. The van der Waals surface area contributed by atoms with E-state index in [9.17, 15) is 0 Å². The lowest BCUT2D eigenvalue weighted by atomic mass is 10.0. The lowest BCUT2D eigenvalue weighted by Gasteiger charge is -2.23. The number of hydrogen-bond donors (Lipinski definition) is 1. The van der Waals surface area contributed by atoms with E-state index in [4.69, 9.17) is 0 Å². The van der Waals surface area contributed by atoms with Crippen LogP contribution in [0.5, 0.6) is 0 Å². The molecule has 0 amide bonds. The maximum absolute atomic E-state index is 3.17. The summed E-state index contributed by atoms with van der Waals surface area (Å²) in [6, 6.07) is 9.12. The summed E-state index contributed by atoms with van der Waals surface area (Å²) in [4.78, 5) is 2.26. The Morgan fingerprint density at radius 3 is 2.57 bits per heavy atom. The third-order valence-electron chi connectivity index (χ3n) is 2.57. The number of nitrogens with one attached hydrogen (secondary N) is 1. The molecule has 1 unspecified atom stereocenters. The number of anilines is 1. The monoisotopic (exact) mass is 192 g/mol. The van der Waals surface area contributed by atoms with E-state index in [-0.39, 0.29) is 0 Å². The van der Waals surface area contributed by atoms with E-state index < -0.39 is 0 Å². The van der Waals surface area contributed by atoms with Crippen molar-refractivity contribution in [3.8, 4) is 0 Å². The molecule has 0 heterocycles. The van der Waals surface area contributed by atoms with Crippen LogP contribution >= 0.6 is 0 Å². The summed E-state index contributed by atoms with van der Waals surface area (Å²) in [6.07, 6.45) is 1.14. The molecule has 0 bridgehead atoms. The molecule has 0 spiro atoms. The summed E-state index contributed by atoms with van der Waals surface area (Å²) >= 11 is 0. The minimum absolute atomic E-state index is 0.517. The second kappa shape index (κ2) is 5.01. The molecule has 0 saturated heterocycles. The van der Waals surface area contributed by atoms with Crippen LogP contribution in [-0.4, -0.2) is 26.0 Å². The Labute approximate surface area is 86.9 Å². The Balaban J connectivity index is 2.92. The van der Waals surface area contributed by atoms with Gasteiger partial charge in [-0.3, -0.25) is 0 Å². The molecular formula is C12H20N2. The zero-order valence-electron chi connectivity index (χ0n) is 9.54. The summed E-state index contributed by atoms with van der Waals surface area (Å²) in [6.45, 7) is 2.22. The zero-order valence-corrected chi connectivity index (χ0v) is 9.54. The molecule has 1 rings (SSSR count). The summed E-state index contributed by atoms with van der Waals surface area (Å²) < 4.78 is 0. The molecule has 0 aromatic heterocycles. The molecule has 1 atom stereocenters. The number of nitrogens with zero attached hydrogens (tertiary/aromatic N) is 1. The second-order valence-corrected chi connectivity index (χ2v) is 3.76. The summed E-state index contributed by atoms with van der Waals surface area (Å²) in [7, 11) is 6.20. The van der Waals surface area contributed by atoms with E-state index >= 15 is 0 Å². The van der Waals surface area contributed by atoms with Gasteiger partial charge in [0.25, 0.3) is 0 Å². The molecule has 14 heavy (non-hydrogen) atoms. The highest BCUT2D eigenvalue weighted by molar-refractivity contribution is 5.45. The molecule has 1 aromatic rings. The molecule has 0 radical (unpaired) electrons. The molecule has 2 nitrogen and oxygen atoms in total. The van der Waals surface area contributed by atoms with Gasteiger partial charge in [0, 0.05) is 18.8 Å². The molecule has 78 valence electrons. The van der Waals surface area contributed by atoms with Crippen LogP contribution in [0.3, 0.4) is 0 Å². The van der Waals surface area contributed by atoms with Gasteiger partial charge in [0.05, 0.1) is 0 Å². The van der Waals surface area contributed by atoms with Crippen molar-refractivity contribution in [2.45, 2.75) is 19.4 Å². The first-order valence-electron chi connectivity index (χ1n) is 5.13. The predicted molar refractivity (Wildman–Crippen MR) is 62.7 cm³/mol. The standard InChI is InChI=1S/C12H20N2/c1-5-12(14(3)4)10-7-6-8-11(9-10)13-2/h6-9,12-13H,5H2,1-4H3. The average Bonchev–Trinajstić information content (AvgIpc) is 2.19. The highest BCUT2D eigenvalue weighted by Gasteiger charge is 2.11. The molecule has 1 N–H and O–H groups in total. The fourth-order valence-corrected chi connectivity index (χ4v) is 1.80.